The first kappa shape index (κ1) is 29.3. The topological polar surface area (TPSA) is 70.0 Å². The third-order valence-corrected chi connectivity index (χ3v) is 5.01. The number of halogens is 10. The molecule has 0 atom stereocenters. The number of ether oxygens (including phenoxy) is 2. The lowest BCUT2D eigenvalue weighted by Crippen LogP contribution is -2.10. The SMILES string of the molecule is CCOc1cc2nc(C(F)(F)F)c(Cl)nc2cc1F.CCOc1cc2nc(Cl)c(C(F)(F)F)nc2cc1F. The van der Waals surface area contributed by atoms with Crippen LogP contribution >= 0.6 is 23.2 Å². The van der Waals surface area contributed by atoms with Gasteiger partial charge in [-0.3, -0.25) is 0 Å². The van der Waals surface area contributed by atoms with Crippen molar-refractivity contribution >= 4 is 45.3 Å². The number of hydrogen-bond donors (Lipinski definition) is 0. The fourth-order valence-electron chi connectivity index (χ4n) is 2.97. The van der Waals surface area contributed by atoms with E-state index in [4.69, 9.17) is 32.7 Å². The van der Waals surface area contributed by atoms with Crippen LogP contribution in [0.1, 0.15) is 25.2 Å². The summed E-state index contributed by atoms with van der Waals surface area (Å²) in [6, 6.07) is 3.98. The Labute approximate surface area is 218 Å². The Balaban J connectivity index is 0.000000211. The van der Waals surface area contributed by atoms with Crippen LogP contribution in [0.2, 0.25) is 10.3 Å². The second kappa shape index (κ2) is 11.2. The van der Waals surface area contributed by atoms with Crippen LogP contribution in [0.3, 0.4) is 0 Å². The minimum atomic E-state index is -4.74. The average Bonchev–Trinajstić information content (AvgIpc) is 2.79. The van der Waals surface area contributed by atoms with Crippen molar-refractivity contribution in [2.45, 2.75) is 26.2 Å². The molecule has 0 saturated heterocycles. The molecule has 38 heavy (non-hydrogen) atoms. The van der Waals surface area contributed by atoms with Crippen LogP contribution in [0.4, 0.5) is 35.1 Å². The highest BCUT2D eigenvalue weighted by Crippen LogP contribution is 2.35. The van der Waals surface area contributed by atoms with Gasteiger partial charge in [0.25, 0.3) is 0 Å². The molecule has 2 heterocycles. The number of aromatic nitrogens is 4. The first-order valence-electron chi connectivity index (χ1n) is 10.4. The van der Waals surface area contributed by atoms with Crippen LogP contribution in [0, 0.1) is 11.6 Å². The molecular formula is C22H14Cl2F8N4O2. The van der Waals surface area contributed by atoms with Crippen molar-refractivity contribution in [1.29, 1.82) is 0 Å². The molecule has 2 aromatic carbocycles. The Kier molecular flexibility index (Phi) is 8.66. The molecule has 0 aliphatic heterocycles. The zero-order valence-corrected chi connectivity index (χ0v) is 20.6. The third kappa shape index (κ3) is 6.59. The van der Waals surface area contributed by atoms with Gasteiger partial charge in [-0.2, -0.15) is 26.3 Å². The van der Waals surface area contributed by atoms with Crippen molar-refractivity contribution in [3.8, 4) is 11.5 Å². The van der Waals surface area contributed by atoms with E-state index in [0.717, 1.165) is 24.3 Å². The summed E-state index contributed by atoms with van der Waals surface area (Å²) in [5.41, 5.74) is -3.07. The molecule has 4 rings (SSSR count). The zero-order chi connectivity index (χ0) is 28.4. The summed E-state index contributed by atoms with van der Waals surface area (Å²) in [6.45, 7) is 3.66. The molecule has 16 heteroatoms. The van der Waals surface area contributed by atoms with Gasteiger partial charge in [0.1, 0.15) is 0 Å². The summed E-state index contributed by atoms with van der Waals surface area (Å²) < 4.78 is 113. The minimum absolute atomic E-state index is 0.0304. The van der Waals surface area contributed by atoms with Gasteiger partial charge in [0.15, 0.2) is 44.8 Å². The summed E-state index contributed by atoms with van der Waals surface area (Å²) in [7, 11) is 0. The van der Waals surface area contributed by atoms with Gasteiger partial charge in [-0.1, -0.05) is 23.2 Å². The van der Waals surface area contributed by atoms with Crippen molar-refractivity contribution in [2.24, 2.45) is 0 Å². The maximum Gasteiger partial charge on any atom is 0.436 e. The Morgan fingerprint density at radius 1 is 0.605 bits per heavy atom. The molecule has 0 unspecified atom stereocenters. The van der Waals surface area contributed by atoms with E-state index in [1.165, 1.54) is 0 Å². The highest BCUT2D eigenvalue weighted by molar-refractivity contribution is 6.30. The fraction of sp³-hybridized carbons (Fsp3) is 0.273. The average molecular weight is 589 g/mol. The molecule has 2 aromatic heterocycles. The number of fused-ring (bicyclic) bond motifs is 2. The van der Waals surface area contributed by atoms with E-state index in [2.05, 4.69) is 19.9 Å². The van der Waals surface area contributed by atoms with Crippen molar-refractivity contribution in [2.75, 3.05) is 13.2 Å². The maximum absolute atomic E-state index is 13.5. The highest BCUT2D eigenvalue weighted by Gasteiger charge is 2.37. The lowest BCUT2D eigenvalue weighted by Gasteiger charge is -2.10. The Morgan fingerprint density at radius 3 is 1.26 bits per heavy atom. The van der Waals surface area contributed by atoms with Gasteiger partial charge in [0, 0.05) is 24.3 Å². The van der Waals surface area contributed by atoms with E-state index in [1.807, 2.05) is 0 Å². The zero-order valence-electron chi connectivity index (χ0n) is 19.1. The van der Waals surface area contributed by atoms with Gasteiger partial charge in [-0.05, 0) is 13.8 Å². The molecule has 0 N–H and O–H groups in total. The van der Waals surface area contributed by atoms with E-state index in [9.17, 15) is 35.1 Å². The van der Waals surface area contributed by atoms with Gasteiger partial charge in [0.05, 0.1) is 35.3 Å². The van der Waals surface area contributed by atoms with Crippen molar-refractivity contribution in [1.82, 2.24) is 19.9 Å². The van der Waals surface area contributed by atoms with Crippen LogP contribution in [-0.2, 0) is 12.4 Å². The summed E-state index contributed by atoms with van der Waals surface area (Å²) in [5.74, 6) is -1.83. The Bertz CT molecular complexity index is 1480. The van der Waals surface area contributed by atoms with E-state index >= 15 is 0 Å². The first-order chi connectivity index (χ1) is 17.6. The summed E-state index contributed by atoms with van der Waals surface area (Å²) >= 11 is 10.8. The lowest BCUT2D eigenvalue weighted by molar-refractivity contribution is -0.141. The molecule has 204 valence electrons. The fourth-order valence-corrected chi connectivity index (χ4v) is 3.45. The Morgan fingerprint density at radius 2 is 0.921 bits per heavy atom. The van der Waals surface area contributed by atoms with E-state index in [1.54, 1.807) is 13.8 Å². The highest BCUT2D eigenvalue weighted by atomic mass is 35.5. The van der Waals surface area contributed by atoms with Gasteiger partial charge >= 0.3 is 12.4 Å². The molecule has 0 aliphatic rings. The second-order valence-electron chi connectivity index (χ2n) is 7.13. The minimum Gasteiger partial charge on any atom is -0.491 e. The quantitative estimate of drug-likeness (QED) is 0.228. The predicted molar refractivity (Wildman–Crippen MR) is 121 cm³/mol. The Hall–Kier alpha value is -3.26. The van der Waals surface area contributed by atoms with Gasteiger partial charge in [-0.25, -0.2) is 28.7 Å². The number of alkyl halides is 6. The van der Waals surface area contributed by atoms with Gasteiger partial charge in [-0.15, -0.1) is 0 Å². The van der Waals surface area contributed by atoms with Crippen LogP contribution in [0.15, 0.2) is 24.3 Å². The second-order valence-corrected chi connectivity index (χ2v) is 7.85. The maximum atomic E-state index is 13.5. The van der Waals surface area contributed by atoms with Crippen molar-refractivity contribution < 1.29 is 44.6 Å². The molecule has 0 aliphatic carbocycles. The molecule has 0 saturated carbocycles. The van der Waals surface area contributed by atoms with Crippen LogP contribution in [0.5, 0.6) is 11.5 Å². The predicted octanol–water partition coefficient (Wildman–Crippen LogP) is 7.68. The molecule has 0 bridgehead atoms. The largest absolute Gasteiger partial charge is 0.491 e. The summed E-state index contributed by atoms with van der Waals surface area (Å²) in [5, 5.41) is -1.60. The number of rotatable bonds is 4. The lowest BCUT2D eigenvalue weighted by atomic mass is 10.2. The summed E-state index contributed by atoms with van der Waals surface area (Å²) in [4.78, 5) is 13.7. The van der Waals surface area contributed by atoms with Crippen LogP contribution in [0.25, 0.3) is 22.1 Å². The van der Waals surface area contributed by atoms with Crippen LogP contribution < -0.4 is 9.47 Å². The van der Waals surface area contributed by atoms with Gasteiger partial charge < -0.3 is 9.47 Å². The molecule has 6 nitrogen and oxygen atoms in total. The molecule has 0 amide bonds. The van der Waals surface area contributed by atoms with E-state index in [0.29, 0.717) is 0 Å². The molecule has 0 spiro atoms. The molecule has 0 fully saturated rings. The van der Waals surface area contributed by atoms with E-state index in [-0.39, 0.29) is 46.8 Å². The summed E-state index contributed by atoms with van der Waals surface area (Å²) in [6.07, 6.45) is -9.47. The molecule has 0 radical (unpaired) electrons. The molecule has 4 aromatic rings. The first-order valence-corrected chi connectivity index (χ1v) is 11.1. The van der Waals surface area contributed by atoms with Crippen molar-refractivity contribution in [3.05, 3.63) is 57.6 Å². The van der Waals surface area contributed by atoms with E-state index < -0.39 is 45.7 Å². The molecular weight excluding hydrogens is 575 g/mol. The number of hydrogen-bond acceptors (Lipinski definition) is 6. The van der Waals surface area contributed by atoms with Crippen LogP contribution in [-0.4, -0.2) is 33.1 Å². The number of benzene rings is 2. The monoisotopic (exact) mass is 588 g/mol. The smallest absolute Gasteiger partial charge is 0.436 e. The van der Waals surface area contributed by atoms with Gasteiger partial charge in [0.2, 0.25) is 0 Å². The third-order valence-electron chi connectivity index (χ3n) is 4.49. The normalized spacial score (nSPS) is 11.9. The number of nitrogens with zero attached hydrogens (tertiary/aromatic N) is 4. The van der Waals surface area contributed by atoms with Crippen molar-refractivity contribution in [3.63, 3.8) is 0 Å². The standard InChI is InChI=1S/2C11H7ClF4N2O/c1-2-19-8-4-7-6(3-5(8)13)18-10(12)9(17-7)11(14,15)16;1-2-19-8-4-7-6(3-5(8)13)17-9(10(12)18-7)11(14,15)16/h2*3-4H,2H2,1H3.